The Morgan fingerprint density at radius 1 is 1.19 bits per heavy atom. The van der Waals surface area contributed by atoms with Crippen molar-refractivity contribution in [3.05, 3.63) is 24.3 Å². The number of hydrogen-bond donors (Lipinski definition) is 1. The van der Waals surface area contributed by atoms with Gasteiger partial charge in [0, 0.05) is 12.1 Å². The summed E-state index contributed by atoms with van der Waals surface area (Å²) in [6.45, 7) is 6.26. The summed E-state index contributed by atoms with van der Waals surface area (Å²) in [5.74, 6) is 0.987. The van der Waals surface area contributed by atoms with Gasteiger partial charge in [-0.15, -0.1) is 10.2 Å². The third kappa shape index (κ3) is 4.29. The fraction of sp³-hybridized carbons (Fsp3) is 0.353. The lowest BCUT2D eigenvalue weighted by atomic mass is 10.1. The minimum Gasteiger partial charge on any atom is -0.493 e. The highest BCUT2D eigenvalue weighted by molar-refractivity contribution is 7.99. The number of hydrogen-bond acceptors (Lipinski definition) is 7. The lowest BCUT2D eigenvalue weighted by molar-refractivity contribution is -0.133. The fourth-order valence-electron chi connectivity index (χ4n) is 2.36. The maximum atomic E-state index is 10.9. The molecule has 0 saturated carbocycles. The average Bonchev–Trinajstić information content (AvgIpc) is 3.00. The zero-order valence-electron chi connectivity index (χ0n) is 15.1. The first kappa shape index (κ1) is 19.6. The molecule has 2 rings (SSSR count). The smallest absolute Gasteiger partial charge is 0.313 e. The molecule has 0 atom stereocenters. The molecule has 0 aliphatic heterocycles. The van der Waals surface area contributed by atoms with E-state index in [0.29, 0.717) is 40.3 Å². The number of benzene rings is 1. The van der Waals surface area contributed by atoms with Gasteiger partial charge < -0.3 is 19.3 Å². The van der Waals surface area contributed by atoms with E-state index < -0.39 is 5.97 Å². The number of methoxy groups -OCH3 is 3. The number of rotatable bonds is 9. The van der Waals surface area contributed by atoms with Gasteiger partial charge in [-0.25, -0.2) is 0 Å². The van der Waals surface area contributed by atoms with Crippen molar-refractivity contribution >= 4 is 17.7 Å². The number of nitrogens with zero attached hydrogens (tertiary/aromatic N) is 3. The van der Waals surface area contributed by atoms with Crippen LogP contribution in [0.15, 0.2) is 29.4 Å². The van der Waals surface area contributed by atoms with Gasteiger partial charge in [0.15, 0.2) is 22.5 Å². The van der Waals surface area contributed by atoms with Crippen molar-refractivity contribution in [1.29, 1.82) is 0 Å². The van der Waals surface area contributed by atoms with Crippen LogP contribution in [-0.2, 0) is 11.3 Å². The fourth-order valence-corrected chi connectivity index (χ4v) is 3.02. The number of carbonyl (C=O) groups is 1. The second-order valence-corrected chi connectivity index (χ2v) is 6.39. The quantitative estimate of drug-likeness (QED) is 0.525. The highest BCUT2D eigenvalue weighted by Crippen LogP contribution is 2.41. The minimum atomic E-state index is -0.922. The van der Waals surface area contributed by atoms with Crippen molar-refractivity contribution in [1.82, 2.24) is 14.8 Å². The van der Waals surface area contributed by atoms with Gasteiger partial charge in [-0.1, -0.05) is 23.9 Å². The summed E-state index contributed by atoms with van der Waals surface area (Å²) >= 11 is 1.10. The molecular formula is C17H21N3O5S. The van der Waals surface area contributed by atoms with Crippen LogP contribution in [0.2, 0.25) is 0 Å². The van der Waals surface area contributed by atoms with Crippen LogP contribution in [0.4, 0.5) is 0 Å². The maximum absolute atomic E-state index is 10.9. The van der Waals surface area contributed by atoms with Gasteiger partial charge in [0.2, 0.25) is 5.75 Å². The Bertz CT molecular complexity index is 794. The van der Waals surface area contributed by atoms with Gasteiger partial charge in [0.1, 0.15) is 0 Å². The Kier molecular flexibility index (Phi) is 6.51. The maximum Gasteiger partial charge on any atom is 0.313 e. The van der Waals surface area contributed by atoms with Crippen LogP contribution in [0.25, 0.3) is 11.4 Å². The van der Waals surface area contributed by atoms with Crippen LogP contribution >= 0.6 is 11.8 Å². The Morgan fingerprint density at radius 2 is 1.81 bits per heavy atom. The van der Waals surface area contributed by atoms with Crippen LogP contribution in [-0.4, -0.2) is 52.9 Å². The van der Waals surface area contributed by atoms with Crippen molar-refractivity contribution in [3.8, 4) is 28.6 Å². The van der Waals surface area contributed by atoms with Crippen molar-refractivity contribution in [2.75, 3.05) is 27.1 Å². The molecule has 0 fully saturated rings. The molecule has 2 aromatic rings. The summed E-state index contributed by atoms with van der Waals surface area (Å²) in [6.07, 6.45) is 0. The molecule has 0 aliphatic rings. The number of ether oxygens (including phenoxy) is 3. The molecule has 0 unspecified atom stereocenters. The van der Waals surface area contributed by atoms with Crippen molar-refractivity contribution < 1.29 is 24.1 Å². The molecule has 0 radical (unpaired) electrons. The highest BCUT2D eigenvalue weighted by atomic mass is 32.2. The molecule has 0 aliphatic carbocycles. The zero-order valence-corrected chi connectivity index (χ0v) is 15.9. The molecule has 26 heavy (non-hydrogen) atoms. The predicted octanol–water partition coefficient (Wildman–Crippen LogP) is 2.72. The summed E-state index contributed by atoms with van der Waals surface area (Å²) in [6, 6.07) is 3.54. The lowest BCUT2D eigenvalue weighted by Gasteiger charge is -2.15. The summed E-state index contributed by atoms with van der Waals surface area (Å²) in [4.78, 5) is 10.9. The molecule has 1 heterocycles. The Hall–Kier alpha value is -2.68. The van der Waals surface area contributed by atoms with Gasteiger partial charge in [0.05, 0.1) is 27.1 Å². The molecule has 1 aromatic carbocycles. The third-order valence-corrected chi connectivity index (χ3v) is 4.34. The van der Waals surface area contributed by atoms with E-state index in [2.05, 4.69) is 16.8 Å². The number of carboxylic acids is 1. The van der Waals surface area contributed by atoms with Crippen LogP contribution in [0.5, 0.6) is 17.2 Å². The van der Waals surface area contributed by atoms with Crippen molar-refractivity contribution in [3.63, 3.8) is 0 Å². The Balaban J connectivity index is 2.56. The van der Waals surface area contributed by atoms with E-state index in [0.717, 1.165) is 17.3 Å². The minimum absolute atomic E-state index is 0.108. The molecule has 0 saturated heterocycles. The second-order valence-electron chi connectivity index (χ2n) is 5.45. The average molecular weight is 379 g/mol. The van der Waals surface area contributed by atoms with Crippen molar-refractivity contribution in [2.45, 2.75) is 18.6 Å². The van der Waals surface area contributed by atoms with Gasteiger partial charge in [-0.3, -0.25) is 9.36 Å². The SMILES string of the molecule is C=C(C)Cn1c(SCC(=O)O)nnc1-c1cc(OC)c(OC)c(OC)c1. The van der Waals surface area contributed by atoms with E-state index in [1.54, 1.807) is 12.1 Å². The van der Waals surface area contributed by atoms with E-state index in [1.165, 1.54) is 21.3 Å². The summed E-state index contributed by atoms with van der Waals surface area (Å²) in [7, 11) is 4.60. The summed E-state index contributed by atoms with van der Waals surface area (Å²) in [5, 5.41) is 17.8. The molecule has 1 aromatic heterocycles. The van der Waals surface area contributed by atoms with Crippen molar-refractivity contribution in [2.24, 2.45) is 0 Å². The first-order chi connectivity index (χ1) is 12.4. The second kappa shape index (κ2) is 8.61. The summed E-state index contributed by atoms with van der Waals surface area (Å²) in [5.41, 5.74) is 1.59. The number of aromatic nitrogens is 3. The third-order valence-electron chi connectivity index (χ3n) is 3.39. The van der Waals surface area contributed by atoms with Gasteiger partial charge in [0.25, 0.3) is 0 Å². The molecule has 0 spiro atoms. The number of carboxylic acid groups (broad SMARTS) is 1. The molecular weight excluding hydrogens is 358 g/mol. The number of aliphatic carboxylic acids is 1. The monoisotopic (exact) mass is 379 g/mol. The first-order valence-electron chi connectivity index (χ1n) is 7.63. The first-order valence-corrected chi connectivity index (χ1v) is 8.62. The van der Waals surface area contributed by atoms with Crippen LogP contribution in [0, 0.1) is 0 Å². The number of allylic oxidation sites excluding steroid dienone is 1. The standard InChI is InChI=1S/C17H21N3O5S/c1-10(2)8-20-16(18-19-17(20)26-9-14(21)22)11-6-12(23-3)15(25-5)13(7-11)24-4/h6-7H,1,8-9H2,2-5H3,(H,21,22). The van der Waals surface area contributed by atoms with E-state index in [4.69, 9.17) is 19.3 Å². The molecule has 0 amide bonds. The topological polar surface area (TPSA) is 95.7 Å². The largest absolute Gasteiger partial charge is 0.493 e. The van der Waals surface area contributed by atoms with E-state index in [-0.39, 0.29) is 5.75 Å². The zero-order chi connectivity index (χ0) is 19.3. The summed E-state index contributed by atoms with van der Waals surface area (Å²) < 4.78 is 17.9. The van der Waals surface area contributed by atoms with Crippen LogP contribution < -0.4 is 14.2 Å². The van der Waals surface area contributed by atoms with E-state index >= 15 is 0 Å². The van der Waals surface area contributed by atoms with Gasteiger partial charge >= 0.3 is 5.97 Å². The molecule has 0 bridgehead atoms. The lowest BCUT2D eigenvalue weighted by Crippen LogP contribution is -2.06. The van der Waals surface area contributed by atoms with Crippen LogP contribution in [0.3, 0.4) is 0 Å². The van der Waals surface area contributed by atoms with Gasteiger partial charge in [-0.2, -0.15) is 0 Å². The van der Waals surface area contributed by atoms with Gasteiger partial charge in [-0.05, 0) is 19.1 Å². The number of thioether (sulfide) groups is 1. The predicted molar refractivity (Wildman–Crippen MR) is 98.3 cm³/mol. The Morgan fingerprint density at radius 3 is 2.27 bits per heavy atom. The van der Waals surface area contributed by atoms with E-state index in [9.17, 15) is 4.79 Å². The highest BCUT2D eigenvalue weighted by Gasteiger charge is 2.20. The molecule has 1 N–H and O–H groups in total. The molecule has 9 heteroatoms. The van der Waals surface area contributed by atoms with E-state index in [1.807, 2.05) is 11.5 Å². The Labute approximate surface area is 155 Å². The molecule has 140 valence electrons. The molecule has 8 nitrogen and oxygen atoms in total. The normalized spacial score (nSPS) is 10.5. The van der Waals surface area contributed by atoms with Crippen LogP contribution in [0.1, 0.15) is 6.92 Å².